The zero-order chi connectivity index (χ0) is 12.3. The van der Waals surface area contributed by atoms with E-state index in [-0.39, 0.29) is 12.6 Å². The molecule has 0 unspecified atom stereocenters. The van der Waals surface area contributed by atoms with Crippen molar-refractivity contribution in [1.82, 2.24) is 4.90 Å². The number of piperidine rings is 1. The maximum Gasteiger partial charge on any atom is 0.159 e. The maximum absolute atomic E-state index is 13.2. The molecule has 0 saturated carbocycles. The van der Waals surface area contributed by atoms with Gasteiger partial charge in [-0.15, -0.1) is 0 Å². The Morgan fingerprint density at radius 3 is 2.41 bits per heavy atom. The first kappa shape index (κ1) is 12.5. The van der Waals surface area contributed by atoms with Crippen molar-refractivity contribution in [3.8, 4) is 0 Å². The maximum atomic E-state index is 13.2. The van der Waals surface area contributed by atoms with E-state index in [1.165, 1.54) is 12.5 Å². The molecular formula is C13H17F2NO. The Morgan fingerprint density at radius 1 is 1.12 bits per heavy atom. The molecule has 0 amide bonds. The standard InChI is InChI=1S/C13H17F2NO/c14-11-5-4-10(8-12(11)15)13(9-17)16-6-2-1-3-7-16/h4-5,8,13,17H,1-3,6-7,9H2/t13-/m0/s1. The van der Waals surface area contributed by atoms with Gasteiger partial charge in [0, 0.05) is 0 Å². The molecule has 0 radical (unpaired) electrons. The second kappa shape index (κ2) is 5.56. The molecule has 1 fully saturated rings. The first-order chi connectivity index (χ1) is 8.22. The third kappa shape index (κ3) is 2.82. The molecule has 2 nitrogen and oxygen atoms in total. The Balaban J connectivity index is 2.18. The molecule has 0 bridgehead atoms. The van der Waals surface area contributed by atoms with E-state index in [0.29, 0.717) is 5.56 Å². The predicted octanol–water partition coefficient (Wildman–Crippen LogP) is 2.48. The summed E-state index contributed by atoms with van der Waals surface area (Å²) < 4.78 is 26.0. The van der Waals surface area contributed by atoms with Crippen LogP contribution in [0, 0.1) is 11.6 Å². The van der Waals surface area contributed by atoms with Crippen LogP contribution in [0.15, 0.2) is 18.2 Å². The minimum absolute atomic E-state index is 0.0644. The molecule has 1 saturated heterocycles. The summed E-state index contributed by atoms with van der Waals surface area (Å²) in [5.74, 6) is -1.69. The summed E-state index contributed by atoms with van der Waals surface area (Å²) in [5.41, 5.74) is 0.647. The number of aliphatic hydroxyl groups is 1. The molecule has 1 N–H and O–H groups in total. The van der Waals surface area contributed by atoms with Gasteiger partial charge in [0.1, 0.15) is 0 Å². The molecule has 0 aliphatic carbocycles. The summed E-state index contributed by atoms with van der Waals surface area (Å²) in [7, 11) is 0. The highest BCUT2D eigenvalue weighted by Crippen LogP contribution is 2.25. The van der Waals surface area contributed by atoms with E-state index in [4.69, 9.17) is 0 Å². The molecule has 1 heterocycles. The molecule has 0 aromatic heterocycles. The number of likely N-dealkylation sites (tertiary alicyclic amines) is 1. The summed E-state index contributed by atoms with van der Waals surface area (Å²) in [6.07, 6.45) is 3.40. The number of hydrogen-bond acceptors (Lipinski definition) is 2. The highest BCUT2D eigenvalue weighted by molar-refractivity contribution is 5.21. The fraction of sp³-hybridized carbons (Fsp3) is 0.538. The van der Waals surface area contributed by atoms with Crippen LogP contribution in [0.4, 0.5) is 8.78 Å². The first-order valence-corrected chi connectivity index (χ1v) is 6.02. The van der Waals surface area contributed by atoms with E-state index in [9.17, 15) is 13.9 Å². The molecule has 1 aromatic rings. The van der Waals surface area contributed by atoms with Crippen LogP contribution < -0.4 is 0 Å². The zero-order valence-corrected chi connectivity index (χ0v) is 9.70. The van der Waals surface area contributed by atoms with Crippen molar-refractivity contribution in [2.75, 3.05) is 19.7 Å². The summed E-state index contributed by atoms with van der Waals surface area (Å²) in [6, 6.07) is 3.64. The van der Waals surface area contributed by atoms with Gasteiger partial charge < -0.3 is 5.11 Å². The Bertz CT molecular complexity index is 378. The molecule has 1 aliphatic rings. The van der Waals surface area contributed by atoms with Gasteiger partial charge in [-0.25, -0.2) is 8.78 Å². The molecule has 4 heteroatoms. The van der Waals surface area contributed by atoms with Crippen LogP contribution in [0.5, 0.6) is 0 Å². The topological polar surface area (TPSA) is 23.5 Å². The number of rotatable bonds is 3. The lowest BCUT2D eigenvalue weighted by Gasteiger charge is -2.33. The van der Waals surface area contributed by atoms with Gasteiger partial charge in [0.25, 0.3) is 0 Å². The molecule has 1 atom stereocenters. The van der Waals surface area contributed by atoms with Crippen molar-refractivity contribution < 1.29 is 13.9 Å². The molecule has 2 rings (SSSR count). The molecule has 1 aliphatic heterocycles. The van der Waals surface area contributed by atoms with Crippen LogP contribution in [0.3, 0.4) is 0 Å². The number of benzene rings is 1. The fourth-order valence-corrected chi connectivity index (χ4v) is 2.38. The number of aliphatic hydroxyl groups excluding tert-OH is 1. The molecule has 17 heavy (non-hydrogen) atoms. The highest BCUT2D eigenvalue weighted by atomic mass is 19.2. The monoisotopic (exact) mass is 241 g/mol. The van der Waals surface area contributed by atoms with Gasteiger partial charge in [-0.05, 0) is 43.6 Å². The van der Waals surface area contributed by atoms with Crippen molar-refractivity contribution in [1.29, 1.82) is 0 Å². The van der Waals surface area contributed by atoms with Crippen LogP contribution in [-0.4, -0.2) is 29.7 Å². The highest BCUT2D eigenvalue weighted by Gasteiger charge is 2.22. The lowest BCUT2D eigenvalue weighted by molar-refractivity contribution is 0.104. The zero-order valence-electron chi connectivity index (χ0n) is 9.70. The SMILES string of the molecule is OC[C@@H](c1ccc(F)c(F)c1)N1CCCCC1. The smallest absolute Gasteiger partial charge is 0.159 e. The van der Waals surface area contributed by atoms with E-state index < -0.39 is 11.6 Å². The van der Waals surface area contributed by atoms with Crippen LogP contribution in [0.1, 0.15) is 30.9 Å². The Labute approximate surface area is 99.9 Å². The minimum atomic E-state index is -0.849. The van der Waals surface area contributed by atoms with Gasteiger partial charge in [-0.2, -0.15) is 0 Å². The Morgan fingerprint density at radius 2 is 1.82 bits per heavy atom. The van der Waals surface area contributed by atoms with Crippen molar-refractivity contribution in [3.63, 3.8) is 0 Å². The van der Waals surface area contributed by atoms with Crippen LogP contribution >= 0.6 is 0 Å². The van der Waals surface area contributed by atoms with E-state index in [1.807, 2.05) is 0 Å². The summed E-state index contributed by atoms with van der Waals surface area (Å²) >= 11 is 0. The lowest BCUT2D eigenvalue weighted by atomic mass is 10.0. The van der Waals surface area contributed by atoms with Gasteiger partial charge >= 0.3 is 0 Å². The average molecular weight is 241 g/mol. The average Bonchev–Trinajstić information content (AvgIpc) is 2.36. The largest absolute Gasteiger partial charge is 0.394 e. The van der Waals surface area contributed by atoms with Gasteiger partial charge in [-0.1, -0.05) is 12.5 Å². The lowest BCUT2D eigenvalue weighted by Crippen LogP contribution is -2.35. The minimum Gasteiger partial charge on any atom is -0.394 e. The molecule has 94 valence electrons. The molecule has 0 spiro atoms. The summed E-state index contributed by atoms with van der Waals surface area (Å²) in [6.45, 7) is 1.75. The normalized spacial score (nSPS) is 19.2. The van der Waals surface area contributed by atoms with Gasteiger partial charge in [0.05, 0.1) is 12.6 Å². The second-order valence-electron chi connectivity index (χ2n) is 4.47. The van der Waals surface area contributed by atoms with Crippen molar-refractivity contribution >= 4 is 0 Å². The van der Waals surface area contributed by atoms with Gasteiger partial charge in [0.15, 0.2) is 11.6 Å². The van der Waals surface area contributed by atoms with E-state index in [0.717, 1.165) is 32.0 Å². The van der Waals surface area contributed by atoms with E-state index >= 15 is 0 Å². The predicted molar refractivity (Wildman–Crippen MR) is 61.6 cm³/mol. The van der Waals surface area contributed by atoms with Crippen molar-refractivity contribution in [2.24, 2.45) is 0 Å². The number of halogens is 2. The van der Waals surface area contributed by atoms with Crippen LogP contribution in [0.2, 0.25) is 0 Å². The number of nitrogens with zero attached hydrogens (tertiary/aromatic N) is 1. The van der Waals surface area contributed by atoms with Crippen molar-refractivity contribution in [2.45, 2.75) is 25.3 Å². The van der Waals surface area contributed by atoms with Crippen LogP contribution in [-0.2, 0) is 0 Å². The van der Waals surface area contributed by atoms with Gasteiger partial charge in [-0.3, -0.25) is 4.90 Å². The third-order valence-electron chi connectivity index (χ3n) is 3.33. The second-order valence-corrected chi connectivity index (χ2v) is 4.47. The van der Waals surface area contributed by atoms with Gasteiger partial charge in [0.2, 0.25) is 0 Å². The Hall–Kier alpha value is -1.00. The molecule has 1 aromatic carbocycles. The summed E-state index contributed by atoms with van der Waals surface area (Å²) in [4.78, 5) is 2.14. The first-order valence-electron chi connectivity index (χ1n) is 6.02. The molecular weight excluding hydrogens is 224 g/mol. The summed E-state index contributed by atoms with van der Waals surface area (Å²) in [5, 5.41) is 9.43. The Kier molecular flexibility index (Phi) is 4.07. The third-order valence-corrected chi connectivity index (χ3v) is 3.33. The van der Waals surface area contributed by atoms with E-state index in [2.05, 4.69) is 4.90 Å². The van der Waals surface area contributed by atoms with Crippen LogP contribution in [0.25, 0.3) is 0 Å². The van der Waals surface area contributed by atoms with Crippen molar-refractivity contribution in [3.05, 3.63) is 35.4 Å². The fourth-order valence-electron chi connectivity index (χ4n) is 2.38. The quantitative estimate of drug-likeness (QED) is 0.878. The van der Waals surface area contributed by atoms with E-state index in [1.54, 1.807) is 6.07 Å². The number of hydrogen-bond donors (Lipinski definition) is 1.